The fourth-order valence-corrected chi connectivity index (χ4v) is 16.9. The quantitative estimate of drug-likeness (QED) is 0.0386. The molecule has 16 nitrogen and oxygen atoms in total. The largest absolute Gasteiger partial charge is 0.478 e. The molecule has 5 aliphatic heterocycles. The normalized spacial score (nSPS) is 37.8. The molecule has 1 radical (unpaired) electrons. The van der Waals surface area contributed by atoms with E-state index >= 15 is 4.79 Å². The van der Waals surface area contributed by atoms with Crippen molar-refractivity contribution in [3.8, 4) is 0 Å². The predicted molar refractivity (Wildman–Crippen MR) is 270 cm³/mol. The Morgan fingerprint density at radius 3 is 0.986 bits per heavy atom. The monoisotopic (exact) mass is 1040 g/mol. The minimum absolute atomic E-state index is 0. The molecule has 17 unspecified atom stereocenters. The molecule has 5 aromatic carbocycles. The van der Waals surface area contributed by atoms with E-state index < -0.39 is 30.0 Å². The van der Waals surface area contributed by atoms with Gasteiger partial charge in [0, 0.05) is 33.8 Å². The average molecular weight is 1040 g/mol. The molecular weight excluding hydrogens is 976 g/mol. The van der Waals surface area contributed by atoms with E-state index in [-0.39, 0.29) is 111 Å². The van der Waals surface area contributed by atoms with Gasteiger partial charge in [-0.2, -0.15) is 0 Å². The zero-order chi connectivity index (χ0) is 48.7. The summed E-state index contributed by atoms with van der Waals surface area (Å²) in [5.41, 5.74) is -0.195. The van der Waals surface area contributed by atoms with Crippen LogP contribution in [0.15, 0.2) is 48.5 Å². The van der Waals surface area contributed by atoms with Gasteiger partial charge in [-0.25, -0.2) is 19.2 Å². The maximum Gasteiger partial charge on any atom is 0.339 e. The number of benzene rings is 5. The summed E-state index contributed by atoms with van der Waals surface area (Å²) in [6.45, 7) is 0. The van der Waals surface area contributed by atoms with Crippen molar-refractivity contribution in [3.05, 3.63) is 70.8 Å². The maximum absolute atomic E-state index is 15.2. The Morgan fingerprint density at radius 1 is 0.356 bits per heavy atom. The summed E-state index contributed by atoms with van der Waals surface area (Å²) in [7, 11) is 0. The van der Waals surface area contributed by atoms with Crippen LogP contribution in [0.25, 0.3) is 43.1 Å². The fraction of sp³-hybridized carbons (Fsp3) is 0.571. The number of carboxylic acid groups (broad SMARTS) is 3. The fourth-order valence-electron chi connectivity index (χ4n) is 16.9. The number of aromatic carboxylic acids is 3. The van der Waals surface area contributed by atoms with E-state index in [0.717, 1.165) is 19.3 Å². The second-order valence-corrected chi connectivity index (χ2v) is 23.2. The summed E-state index contributed by atoms with van der Waals surface area (Å²) in [6, 6.07) is 12.7. The van der Waals surface area contributed by atoms with E-state index in [1.54, 1.807) is 30.3 Å². The third-order valence-electron chi connectivity index (χ3n) is 19.9. The van der Waals surface area contributed by atoms with E-state index in [2.05, 4.69) is 42.5 Å². The van der Waals surface area contributed by atoms with Crippen LogP contribution in [0.4, 0.5) is 0 Å². The number of carbonyl (C=O) groups is 4. The van der Waals surface area contributed by atoms with E-state index in [9.17, 15) is 29.7 Å². The Morgan fingerprint density at radius 2 is 0.644 bits per heavy atom. The van der Waals surface area contributed by atoms with Crippen molar-refractivity contribution < 1.29 is 56.3 Å². The van der Waals surface area contributed by atoms with Gasteiger partial charge in [0.05, 0.1) is 71.6 Å². The first-order chi connectivity index (χ1) is 35.1. The number of rotatable bonds is 5. The molecule has 9 fully saturated rings. The van der Waals surface area contributed by atoms with Gasteiger partial charge in [-0.1, -0.05) is 62.8 Å². The van der Waals surface area contributed by atoms with Gasteiger partial charge in [0.25, 0.3) is 0 Å². The number of hydrogen-bond acceptors (Lipinski definition) is 13. The number of nitrogens with one attached hydrogen (secondary N) is 8. The van der Waals surface area contributed by atoms with Gasteiger partial charge in [0.2, 0.25) is 0 Å². The van der Waals surface area contributed by atoms with Crippen LogP contribution >= 0.6 is 0 Å². The second kappa shape index (κ2) is 18.6. The minimum Gasteiger partial charge on any atom is -0.478 e. The molecule has 17 heteroatoms. The van der Waals surface area contributed by atoms with E-state index in [1.165, 1.54) is 88.8 Å². The van der Waals surface area contributed by atoms with Crippen molar-refractivity contribution in [3.63, 3.8) is 0 Å². The van der Waals surface area contributed by atoms with Crippen molar-refractivity contribution in [1.29, 1.82) is 0 Å². The number of ether oxygens (including phenoxy) is 1. The van der Waals surface area contributed by atoms with Gasteiger partial charge < -0.3 is 20.1 Å². The second-order valence-electron chi connectivity index (χ2n) is 23.2. The van der Waals surface area contributed by atoms with Crippen molar-refractivity contribution in [2.24, 2.45) is 47.3 Å². The molecule has 5 heterocycles. The molecule has 4 saturated carbocycles. The Labute approximate surface area is 433 Å². The molecule has 9 aliphatic rings. The third-order valence-corrected chi connectivity index (χ3v) is 19.9. The van der Waals surface area contributed by atoms with Crippen LogP contribution in [0.2, 0.25) is 0 Å². The van der Waals surface area contributed by atoms with E-state index in [4.69, 9.17) is 4.74 Å². The number of carbonyl (C=O) groups excluding carboxylic acids is 1. The molecule has 0 spiro atoms. The van der Waals surface area contributed by atoms with E-state index in [0.29, 0.717) is 74.2 Å². The number of hydrogen-bond donors (Lipinski definition) is 11. The van der Waals surface area contributed by atoms with Crippen molar-refractivity contribution in [1.82, 2.24) is 42.5 Å². The van der Waals surface area contributed by atoms with Crippen LogP contribution in [0.3, 0.4) is 0 Å². The van der Waals surface area contributed by atoms with Crippen LogP contribution in [-0.4, -0.2) is 94.6 Å². The van der Waals surface area contributed by atoms with Crippen molar-refractivity contribution in [2.45, 2.75) is 152 Å². The average Bonchev–Trinajstić information content (AvgIpc) is 4.13. The molecule has 11 N–H and O–H groups in total. The first-order valence-electron chi connectivity index (χ1n) is 27.3. The SMILES string of the molecule is O=C(O)c1ccc2c3ccc(C(=O)O)c4c(C(=O)OC5CCCC6C7NC8NC(NC9NC(NC%10NC(NC(N7)C56)C5CCCCC%105)C5CCCCC95)C5CCCCC85)ccc(c5ccc(C(=O)O)c1c25)c43.[Cu]. The van der Waals surface area contributed by atoms with Gasteiger partial charge in [-0.05, 0) is 156 Å². The smallest absolute Gasteiger partial charge is 0.339 e. The standard InChI is InChI=1S/C56H66N8O8.Cu/c65-53(66)35-20-16-24-26-18-22-37(55(69)70)43-38(23-19-27(41(26)43)25-17-21-36(54(67)68)42(35)40(24)25)56(71)72-39-15-7-14-34-44(39)52-63-50-33-13-6-5-12-32(33)48(61-50)59-46-29-9-2-1-8-28(29)45(57-46)58-47-30-10-3-4-11-31(30)49(60-47)62-51(34)64-52;/h16-23,28-34,39,44-52,57-64H,1-15H2,(H,65,66)(H,67,68)(H,69,70);. The summed E-state index contributed by atoms with van der Waals surface area (Å²) in [4.78, 5) is 53.4. The molecule has 0 aromatic heterocycles. The van der Waals surface area contributed by atoms with Crippen LogP contribution < -0.4 is 42.5 Å². The molecule has 389 valence electrons. The van der Waals surface area contributed by atoms with Gasteiger partial charge in [0.15, 0.2) is 0 Å². The molecule has 5 aromatic rings. The number of esters is 1. The van der Waals surface area contributed by atoms with Gasteiger partial charge >= 0.3 is 23.9 Å². The van der Waals surface area contributed by atoms with Crippen LogP contribution in [0, 0.1) is 47.3 Å². The zero-order valence-electron chi connectivity index (χ0n) is 40.7. The molecule has 17 atom stereocenters. The molecule has 8 bridgehead atoms. The van der Waals surface area contributed by atoms with Gasteiger partial charge in [0.1, 0.15) is 6.10 Å². The predicted octanol–water partition coefficient (Wildman–Crippen LogP) is 6.58. The van der Waals surface area contributed by atoms with Crippen LogP contribution in [0.5, 0.6) is 0 Å². The maximum atomic E-state index is 15.2. The first-order valence-corrected chi connectivity index (χ1v) is 27.3. The van der Waals surface area contributed by atoms with Gasteiger partial charge in [-0.15, -0.1) is 0 Å². The zero-order valence-corrected chi connectivity index (χ0v) is 41.7. The molecular formula is C56H66CuN8O8. The number of fused-ring (bicyclic) bond motifs is 22. The Bertz CT molecular complexity index is 2980. The Kier molecular flexibility index (Phi) is 12.3. The molecule has 14 rings (SSSR count). The van der Waals surface area contributed by atoms with Crippen LogP contribution in [-0.2, 0) is 21.8 Å². The summed E-state index contributed by atoms with van der Waals surface area (Å²) in [5.74, 6) is -1.11. The van der Waals surface area contributed by atoms with Crippen molar-refractivity contribution >= 4 is 67.0 Å². The van der Waals surface area contributed by atoms with Crippen molar-refractivity contribution in [2.75, 3.05) is 0 Å². The van der Waals surface area contributed by atoms with Crippen LogP contribution in [0.1, 0.15) is 138 Å². The molecule has 5 saturated heterocycles. The third kappa shape index (κ3) is 7.65. The minimum atomic E-state index is -1.26. The molecule has 0 amide bonds. The summed E-state index contributed by atoms with van der Waals surface area (Å²) >= 11 is 0. The Balaban J connectivity index is 0.00000516. The summed E-state index contributed by atoms with van der Waals surface area (Å²) in [5, 5.41) is 68.2. The summed E-state index contributed by atoms with van der Waals surface area (Å²) in [6.07, 6.45) is 17.6. The Hall–Kier alpha value is -4.52. The molecule has 73 heavy (non-hydrogen) atoms. The van der Waals surface area contributed by atoms with E-state index in [1.807, 2.05) is 0 Å². The van der Waals surface area contributed by atoms with Gasteiger partial charge in [-0.3, -0.25) is 42.5 Å². The topological polar surface area (TPSA) is 234 Å². The number of carboxylic acids is 3. The first kappa shape index (κ1) is 48.1. The summed E-state index contributed by atoms with van der Waals surface area (Å²) < 4.78 is 6.83. The molecule has 4 aliphatic carbocycles.